The molecule has 0 atom stereocenters. The van der Waals surface area contributed by atoms with Crippen molar-refractivity contribution in [3.63, 3.8) is 0 Å². The zero-order valence-corrected chi connectivity index (χ0v) is 7.87. The van der Waals surface area contributed by atoms with E-state index in [-0.39, 0.29) is 24.8 Å². The van der Waals surface area contributed by atoms with Crippen LogP contribution in [0.3, 0.4) is 0 Å². The minimum Gasteiger partial charge on any atom is -0.446 e. The quantitative estimate of drug-likeness (QED) is 0.781. The molecule has 1 heterocycles. The van der Waals surface area contributed by atoms with Crippen molar-refractivity contribution in [3.8, 4) is 0 Å². The second-order valence-electron chi connectivity index (χ2n) is 1.90. The predicted molar refractivity (Wildman–Crippen MR) is 48.5 cm³/mol. The Morgan fingerprint density at radius 3 is 2.55 bits per heavy atom. The van der Waals surface area contributed by atoms with Gasteiger partial charge in [0.15, 0.2) is 5.89 Å². The molecule has 0 amide bonds. The normalized spacial score (nSPS) is 8.18. The van der Waals surface area contributed by atoms with Gasteiger partial charge in [-0.1, -0.05) is 0 Å². The van der Waals surface area contributed by atoms with Gasteiger partial charge in [0.05, 0.1) is 6.20 Å². The van der Waals surface area contributed by atoms with Crippen molar-refractivity contribution >= 4 is 24.8 Å². The van der Waals surface area contributed by atoms with E-state index in [1.807, 2.05) is 6.92 Å². The summed E-state index contributed by atoms with van der Waals surface area (Å²) < 4.78 is 5.13. The minimum atomic E-state index is 0. The van der Waals surface area contributed by atoms with Gasteiger partial charge in [0, 0.05) is 13.0 Å². The van der Waals surface area contributed by atoms with E-state index in [4.69, 9.17) is 10.2 Å². The number of oxazole rings is 1. The van der Waals surface area contributed by atoms with Gasteiger partial charge in [-0.25, -0.2) is 4.98 Å². The summed E-state index contributed by atoms with van der Waals surface area (Å²) in [5.41, 5.74) is 5.27. The first kappa shape index (κ1) is 13.3. The molecular formula is C6H12Cl2N2O. The monoisotopic (exact) mass is 198 g/mol. The highest BCUT2D eigenvalue weighted by Crippen LogP contribution is 2.00. The zero-order valence-electron chi connectivity index (χ0n) is 6.24. The molecule has 0 saturated heterocycles. The fourth-order valence-corrected chi connectivity index (χ4v) is 0.640. The number of hydrogen-bond donors (Lipinski definition) is 1. The maximum absolute atomic E-state index is 5.27. The summed E-state index contributed by atoms with van der Waals surface area (Å²) in [7, 11) is 0. The van der Waals surface area contributed by atoms with Crippen LogP contribution in [-0.2, 0) is 6.42 Å². The van der Waals surface area contributed by atoms with Crippen molar-refractivity contribution in [1.29, 1.82) is 0 Å². The molecule has 0 bridgehead atoms. The molecule has 1 aromatic heterocycles. The van der Waals surface area contributed by atoms with Gasteiger partial charge in [0.2, 0.25) is 0 Å². The predicted octanol–water partition coefficient (Wildman–Crippen LogP) is 1.33. The number of aromatic nitrogens is 1. The fraction of sp³-hybridized carbons (Fsp3) is 0.500. The first-order valence-corrected chi connectivity index (χ1v) is 2.94. The Bertz CT molecular complexity index is 190. The first-order chi connectivity index (χ1) is 4.33. The lowest BCUT2D eigenvalue weighted by atomic mass is 10.4. The minimum absolute atomic E-state index is 0. The molecule has 0 aliphatic rings. The lowest BCUT2D eigenvalue weighted by Gasteiger charge is -1.86. The molecule has 1 aromatic rings. The third-order valence-electron chi connectivity index (χ3n) is 1.03. The van der Waals surface area contributed by atoms with Crippen LogP contribution in [0.15, 0.2) is 10.6 Å². The highest BCUT2D eigenvalue weighted by atomic mass is 35.5. The lowest BCUT2D eigenvalue weighted by Crippen LogP contribution is -2.02. The summed E-state index contributed by atoms with van der Waals surface area (Å²) in [4.78, 5) is 3.96. The van der Waals surface area contributed by atoms with Gasteiger partial charge in [0.1, 0.15) is 5.76 Å². The van der Waals surface area contributed by atoms with E-state index >= 15 is 0 Å². The Morgan fingerprint density at radius 1 is 1.55 bits per heavy atom. The maximum Gasteiger partial charge on any atom is 0.195 e. The highest BCUT2D eigenvalue weighted by Gasteiger charge is 1.95. The molecule has 0 aromatic carbocycles. The molecule has 0 aliphatic heterocycles. The van der Waals surface area contributed by atoms with Crippen molar-refractivity contribution in [2.75, 3.05) is 6.54 Å². The molecule has 0 saturated carbocycles. The largest absolute Gasteiger partial charge is 0.446 e. The molecule has 0 fully saturated rings. The SMILES string of the molecule is Cc1cnc(CCN)o1.Cl.Cl. The Labute approximate surface area is 78.2 Å². The Kier molecular flexibility index (Phi) is 7.84. The molecule has 1 rings (SSSR count). The van der Waals surface area contributed by atoms with E-state index in [0.29, 0.717) is 6.54 Å². The number of aryl methyl sites for hydroxylation is 1. The molecule has 0 aliphatic carbocycles. The highest BCUT2D eigenvalue weighted by molar-refractivity contribution is 5.85. The van der Waals surface area contributed by atoms with Gasteiger partial charge in [-0.15, -0.1) is 24.8 Å². The van der Waals surface area contributed by atoms with Crippen molar-refractivity contribution in [1.82, 2.24) is 4.98 Å². The van der Waals surface area contributed by atoms with Gasteiger partial charge in [-0.3, -0.25) is 0 Å². The van der Waals surface area contributed by atoms with Crippen LogP contribution in [0.4, 0.5) is 0 Å². The van der Waals surface area contributed by atoms with E-state index < -0.39 is 0 Å². The van der Waals surface area contributed by atoms with Crippen LogP contribution in [0.5, 0.6) is 0 Å². The molecule has 0 spiro atoms. The zero-order chi connectivity index (χ0) is 6.69. The second-order valence-corrected chi connectivity index (χ2v) is 1.90. The summed E-state index contributed by atoms with van der Waals surface area (Å²) in [5, 5.41) is 0. The van der Waals surface area contributed by atoms with Gasteiger partial charge in [-0.05, 0) is 6.92 Å². The molecule has 66 valence electrons. The standard InChI is InChI=1S/C6H10N2O.2ClH/c1-5-4-8-6(9-5)2-3-7;;/h4H,2-3,7H2,1H3;2*1H. The van der Waals surface area contributed by atoms with E-state index in [1.54, 1.807) is 6.20 Å². The van der Waals surface area contributed by atoms with Gasteiger partial charge in [-0.2, -0.15) is 0 Å². The van der Waals surface area contributed by atoms with E-state index in [9.17, 15) is 0 Å². The molecule has 3 nitrogen and oxygen atoms in total. The smallest absolute Gasteiger partial charge is 0.195 e. The van der Waals surface area contributed by atoms with E-state index in [2.05, 4.69) is 4.98 Å². The summed E-state index contributed by atoms with van der Waals surface area (Å²) >= 11 is 0. The number of halogens is 2. The van der Waals surface area contributed by atoms with Crippen LogP contribution in [0.1, 0.15) is 11.7 Å². The summed E-state index contributed by atoms with van der Waals surface area (Å²) in [6.45, 7) is 2.47. The third kappa shape index (κ3) is 4.24. The van der Waals surface area contributed by atoms with E-state index in [0.717, 1.165) is 18.1 Å². The Hall–Kier alpha value is -0.250. The Morgan fingerprint density at radius 2 is 2.18 bits per heavy atom. The molecule has 11 heavy (non-hydrogen) atoms. The van der Waals surface area contributed by atoms with E-state index in [1.165, 1.54) is 0 Å². The maximum atomic E-state index is 5.27. The van der Waals surface area contributed by atoms with Crippen molar-refractivity contribution in [2.24, 2.45) is 5.73 Å². The molecule has 2 N–H and O–H groups in total. The summed E-state index contributed by atoms with van der Waals surface area (Å²) in [6, 6.07) is 0. The van der Waals surface area contributed by atoms with Crippen LogP contribution < -0.4 is 5.73 Å². The third-order valence-corrected chi connectivity index (χ3v) is 1.03. The van der Waals surface area contributed by atoms with Crippen molar-refractivity contribution in [3.05, 3.63) is 17.8 Å². The summed E-state index contributed by atoms with van der Waals surface area (Å²) in [5.74, 6) is 1.58. The molecule has 5 heteroatoms. The van der Waals surface area contributed by atoms with Crippen molar-refractivity contribution in [2.45, 2.75) is 13.3 Å². The first-order valence-electron chi connectivity index (χ1n) is 2.94. The fourth-order valence-electron chi connectivity index (χ4n) is 0.640. The second kappa shape index (κ2) is 6.46. The number of rotatable bonds is 2. The number of nitrogens with two attached hydrogens (primary N) is 1. The van der Waals surface area contributed by atoms with Crippen LogP contribution in [0.2, 0.25) is 0 Å². The van der Waals surface area contributed by atoms with Gasteiger partial charge in [0.25, 0.3) is 0 Å². The average Bonchev–Trinajstić information content (AvgIpc) is 2.17. The van der Waals surface area contributed by atoms with Crippen LogP contribution in [0.25, 0.3) is 0 Å². The Balaban J connectivity index is 0. The van der Waals surface area contributed by atoms with Crippen molar-refractivity contribution < 1.29 is 4.42 Å². The van der Waals surface area contributed by atoms with Crippen LogP contribution >= 0.6 is 24.8 Å². The van der Waals surface area contributed by atoms with Crippen LogP contribution in [-0.4, -0.2) is 11.5 Å². The lowest BCUT2D eigenvalue weighted by molar-refractivity contribution is 0.472. The van der Waals surface area contributed by atoms with Gasteiger partial charge < -0.3 is 10.2 Å². The van der Waals surface area contributed by atoms with Gasteiger partial charge >= 0.3 is 0 Å². The molecular weight excluding hydrogens is 187 g/mol. The average molecular weight is 199 g/mol. The molecule has 0 unspecified atom stereocenters. The topological polar surface area (TPSA) is 52.0 Å². The van der Waals surface area contributed by atoms with Crippen LogP contribution in [0, 0.1) is 6.92 Å². The molecule has 0 radical (unpaired) electrons. The number of hydrogen-bond acceptors (Lipinski definition) is 3. The summed E-state index contributed by atoms with van der Waals surface area (Å²) in [6.07, 6.45) is 2.43. The number of nitrogens with zero attached hydrogens (tertiary/aromatic N) is 1.